The van der Waals surface area contributed by atoms with Gasteiger partial charge in [0.05, 0.1) is 0 Å². The molecule has 116 valence electrons. The summed E-state index contributed by atoms with van der Waals surface area (Å²) in [7, 11) is 0. The van der Waals surface area contributed by atoms with E-state index < -0.39 is 11.6 Å². The van der Waals surface area contributed by atoms with Crippen LogP contribution < -0.4 is 0 Å². The Hall–Kier alpha value is 0.508. The van der Waals surface area contributed by atoms with Gasteiger partial charge < -0.3 is 0 Å². The molecule has 0 saturated heterocycles. The Bertz CT molecular complexity index is 598. The molecule has 3 rings (SSSR count). The van der Waals surface area contributed by atoms with Crippen molar-refractivity contribution in [1.29, 1.82) is 0 Å². The van der Waals surface area contributed by atoms with E-state index in [4.69, 9.17) is 0 Å². The van der Waals surface area contributed by atoms with Crippen LogP contribution >= 0.6 is 0 Å². The molecule has 0 nitrogen and oxygen atoms in total. The van der Waals surface area contributed by atoms with Crippen LogP contribution in [0.4, 0.5) is 8.78 Å². The molecule has 23 heavy (non-hydrogen) atoms. The van der Waals surface area contributed by atoms with Crippen LogP contribution in [0.1, 0.15) is 44.1 Å². The molecule has 0 aliphatic heterocycles. The maximum Gasteiger partial charge on any atom is 0.0142 e. The molecule has 0 spiro atoms. The monoisotopic (exact) mass is 463 g/mol. The Labute approximate surface area is 187 Å². The predicted octanol–water partition coefficient (Wildman–Crippen LogP) is 5.72. The fourth-order valence-electron chi connectivity index (χ4n) is 3.21. The summed E-state index contributed by atoms with van der Waals surface area (Å²) in [5.74, 6) is 0.158. The molecule has 0 bridgehead atoms. The largest absolute Gasteiger partial charge is 0.236 e. The fraction of sp³-hybridized carbons (Fsp3) is 0.368. The first-order valence-electron chi connectivity index (χ1n) is 7.60. The summed E-state index contributed by atoms with van der Waals surface area (Å²) in [5, 5.41) is 0. The summed E-state index contributed by atoms with van der Waals surface area (Å²) in [5.41, 5.74) is 2.75. The second kappa shape index (κ2) is 9.85. The van der Waals surface area contributed by atoms with Crippen molar-refractivity contribution >= 4 is 0 Å². The first kappa shape index (κ1) is 21.6. The molecule has 0 heterocycles. The van der Waals surface area contributed by atoms with Crippen LogP contribution in [-0.4, -0.2) is 0 Å². The molecule has 0 amide bonds. The molecule has 1 aliphatic rings. The Morgan fingerprint density at radius 3 is 1.87 bits per heavy atom. The van der Waals surface area contributed by atoms with E-state index in [9.17, 15) is 8.78 Å². The number of benzene rings is 2. The molecule has 2 radical (unpaired) electrons. The van der Waals surface area contributed by atoms with Gasteiger partial charge in [-0.1, -0.05) is 44.0 Å². The van der Waals surface area contributed by atoms with E-state index in [0.717, 1.165) is 11.5 Å². The summed E-state index contributed by atoms with van der Waals surface area (Å²) in [6.07, 6.45) is 5.06. The van der Waals surface area contributed by atoms with Crippen molar-refractivity contribution in [2.45, 2.75) is 38.5 Å². The Kier molecular flexibility index (Phi) is 9.23. The van der Waals surface area contributed by atoms with Crippen molar-refractivity contribution in [3.8, 4) is 11.1 Å². The van der Waals surface area contributed by atoms with Gasteiger partial charge in [-0.05, 0) is 35.8 Å². The summed E-state index contributed by atoms with van der Waals surface area (Å²) < 4.78 is 26.4. The van der Waals surface area contributed by atoms with Gasteiger partial charge in [0, 0.05) is 77.1 Å². The van der Waals surface area contributed by atoms with Crippen LogP contribution in [0.25, 0.3) is 11.1 Å². The van der Waals surface area contributed by atoms with E-state index in [1.165, 1.54) is 43.4 Å². The second-order valence-corrected chi connectivity index (χ2v) is 6.14. The molecule has 0 aromatic heterocycles. The third kappa shape index (κ3) is 5.77. The molecular weight excluding hydrogens is 444 g/mol. The van der Waals surface area contributed by atoms with Crippen LogP contribution in [0.3, 0.4) is 0 Å². The standard InChI is InChI=1S/C19H19F2.2Y/c1-13-2-4-14(5-3-13)15-6-8-16(9-7-15)17-10-18(20)12-19(21)11-17;;/h6-11,13-14H,2-5H2,1H3;;/q-1;;. The first-order chi connectivity index (χ1) is 10.1. The Balaban J connectivity index is 0.00000132. The first-order valence-corrected chi connectivity index (χ1v) is 7.60. The van der Waals surface area contributed by atoms with Crippen LogP contribution in [-0.2, 0) is 65.4 Å². The van der Waals surface area contributed by atoms with Crippen molar-refractivity contribution < 1.29 is 74.2 Å². The van der Waals surface area contributed by atoms with Crippen molar-refractivity contribution in [3.05, 3.63) is 59.7 Å². The second-order valence-electron chi connectivity index (χ2n) is 6.14. The fourth-order valence-corrected chi connectivity index (χ4v) is 3.21. The van der Waals surface area contributed by atoms with E-state index >= 15 is 0 Å². The topological polar surface area (TPSA) is 0 Å². The number of halogens is 2. The third-order valence-corrected chi connectivity index (χ3v) is 4.53. The van der Waals surface area contributed by atoms with Crippen LogP contribution in [0.5, 0.6) is 0 Å². The smallest absolute Gasteiger partial charge is 0.0142 e. The zero-order chi connectivity index (χ0) is 14.8. The molecule has 1 saturated carbocycles. The Morgan fingerprint density at radius 1 is 0.826 bits per heavy atom. The van der Waals surface area contributed by atoms with Gasteiger partial charge in [-0.15, -0.1) is 23.8 Å². The molecule has 0 unspecified atom stereocenters. The summed E-state index contributed by atoms with van der Waals surface area (Å²) in [6.45, 7) is 2.31. The Morgan fingerprint density at radius 2 is 1.35 bits per heavy atom. The van der Waals surface area contributed by atoms with E-state index in [1.807, 2.05) is 18.2 Å². The van der Waals surface area contributed by atoms with Crippen LogP contribution in [0.15, 0.2) is 36.4 Å². The number of hydrogen-bond donors (Lipinski definition) is 0. The van der Waals surface area contributed by atoms with Crippen molar-refractivity contribution in [3.63, 3.8) is 0 Å². The quantitative estimate of drug-likeness (QED) is 0.500. The zero-order valence-corrected chi connectivity index (χ0v) is 19.0. The van der Waals surface area contributed by atoms with Crippen molar-refractivity contribution in [2.24, 2.45) is 5.92 Å². The molecule has 0 atom stereocenters. The van der Waals surface area contributed by atoms with Crippen molar-refractivity contribution in [1.82, 2.24) is 0 Å². The minimum Gasteiger partial charge on any atom is -0.236 e. The van der Waals surface area contributed by atoms with Gasteiger partial charge in [0.1, 0.15) is 0 Å². The van der Waals surface area contributed by atoms with Crippen LogP contribution in [0.2, 0.25) is 0 Å². The third-order valence-electron chi connectivity index (χ3n) is 4.53. The minimum absolute atomic E-state index is 0. The maximum atomic E-state index is 13.2. The van der Waals surface area contributed by atoms with E-state index in [1.54, 1.807) is 0 Å². The average Bonchev–Trinajstić information content (AvgIpc) is 2.47. The van der Waals surface area contributed by atoms with Gasteiger partial charge >= 0.3 is 0 Å². The molecule has 4 heteroatoms. The number of hydrogen-bond acceptors (Lipinski definition) is 0. The predicted molar refractivity (Wildman–Crippen MR) is 81.0 cm³/mol. The molecule has 1 fully saturated rings. The van der Waals surface area contributed by atoms with E-state index in [2.05, 4.69) is 19.1 Å². The summed E-state index contributed by atoms with van der Waals surface area (Å²) in [6, 6.07) is 12.8. The minimum atomic E-state index is -0.657. The van der Waals surface area contributed by atoms with E-state index in [-0.39, 0.29) is 65.4 Å². The normalized spacial score (nSPS) is 20.3. The zero-order valence-electron chi connectivity index (χ0n) is 13.4. The molecular formula is C19H19F2Y2-. The molecule has 1 aliphatic carbocycles. The molecule has 2 aromatic carbocycles. The summed E-state index contributed by atoms with van der Waals surface area (Å²) in [4.78, 5) is 0. The SMILES string of the molecule is CC1CCC(c2ccc(-c3cc(F)[c-]c(F)c3)cc2)CC1.[Y].[Y]. The summed E-state index contributed by atoms with van der Waals surface area (Å²) >= 11 is 0. The van der Waals surface area contributed by atoms with Crippen molar-refractivity contribution in [2.75, 3.05) is 0 Å². The van der Waals surface area contributed by atoms with E-state index in [0.29, 0.717) is 11.5 Å². The molecule has 2 aromatic rings. The van der Waals surface area contributed by atoms with Gasteiger partial charge in [0.2, 0.25) is 0 Å². The number of rotatable bonds is 2. The molecule has 0 N–H and O–H groups in total. The van der Waals surface area contributed by atoms with Gasteiger partial charge in [-0.25, -0.2) is 8.78 Å². The van der Waals surface area contributed by atoms with Gasteiger partial charge in [0.15, 0.2) is 0 Å². The van der Waals surface area contributed by atoms with Crippen LogP contribution in [0, 0.1) is 23.6 Å². The maximum absolute atomic E-state index is 13.2. The van der Waals surface area contributed by atoms with Gasteiger partial charge in [0.25, 0.3) is 0 Å². The average molecular weight is 463 g/mol. The van der Waals surface area contributed by atoms with Gasteiger partial charge in [-0.2, -0.15) is 0 Å². The van der Waals surface area contributed by atoms with Gasteiger partial charge in [-0.3, -0.25) is 0 Å².